The van der Waals surface area contributed by atoms with Crippen LogP contribution in [-0.2, 0) is 4.79 Å². The Balaban J connectivity index is 2.17. The van der Waals surface area contributed by atoms with Gasteiger partial charge in [-0.3, -0.25) is 10.2 Å². The van der Waals surface area contributed by atoms with Crippen molar-refractivity contribution in [3.05, 3.63) is 11.6 Å². The van der Waals surface area contributed by atoms with E-state index in [0.717, 1.165) is 12.1 Å². The van der Waals surface area contributed by atoms with Crippen molar-refractivity contribution in [2.45, 2.75) is 0 Å². The topological polar surface area (TPSA) is 41.1 Å². The van der Waals surface area contributed by atoms with Crippen LogP contribution in [0.15, 0.2) is 11.6 Å². The largest absolute Gasteiger partial charge is 0.288 e. The average molecular weight is 110 g/mol. The van der Waals surface area contributed by atoms with Gasteiger partial charge in [0.2, 0.25) is 0 Å². The van der Waals surface area contributed by atoms with Crippen LogP contribution in [0.1, 0.15) is 0 Å². The van der Waals surface area contributed by atoms with Crippen LogP contribution in [0.5, 0.6) is 0 Å². The molecule has 8 heavy (non-hydrogen) atoms. The van der Waals surface area contributed by atoms with E-state index in [0.29, 0.717) is 5.92 Å². The van der Waals surface area contributed by atoms with Crippen LogP contribution in [0.4, 0.5) is 0 Å². The number of carbonyl (C=O) groups excluding carboxylic acids is 1. The maximum absolute atomic E-state index is 10.6. The Morgan fingerprint density at radius 2 is 2.62 bits per heavy atom. The first-order valence-electron chi connectivity index (χ1n) is 2.63. The lowest BCUT2D eigenvalue weighted by Crippen LogP contribution is -2.43. The van der Waals surface area contributed by atoms with Crippen molar-refractivity contribution < 1.29 is 4.79 Å². The molecule has 0 radical (unpaired) electrons. The van der Waals surface area contributed by atoms with Crippen molar-refractivity contribution >= 4 is 5.91 Å². The third-order valence-electron chi connectivity index (χ3n) is 1.46. The quantitative estimate of drug-likeness (QED) is 0.427. The molecule has 1 unspecified atom stereocenters. The molecule has 1 amide bonds. The number of amides is 1. The number of hydrogen-bond acceptors (Lipinski definition) is 2. The molecule has 1 atom stereocenters. The van der Waals surface area contributed by atoms with Gasteiger partial charge in [0.25, 0.3) is 5.91 Å². The molecule has 2 N–H and O–H groups in total. The predicted molar refractivity (Wildman–Crippen MR) is 27.7 cm³/mol. The lowest BCUT2D eigenvalue weighted by molar-refractivity contribution is -0.119. The van der Waals surface area contributed by atoms with Gasteiger partial charge in [0, 0.05) is 18.0 Å². The number of hydrazine groups is 1. The van der Waals surface area contributed by atoms with Crippen molar-refractivity contribution in [1.82, 2.24) is 10.9 Å². The zero-order valence-electron chi connectivity index (χ0n) is 4.27. The molecule has 0 saturated carbocycles. The summed E-state index contributed by atoms with van der Waals surface area (Å²) in [5.74, 6) is 0.491. The van der Waals surface area contributed by atoms with E-state index >= 15 is 0 Å². The molecule has 1 saturated heterocycles. The highest BCUT2D eigenvalue weighted by atomic mass is 16.2. The second-order valence-electron chi connectivity index (χ2n) is 2.06. The molecular weight excluding hydrogens is 104 g/mol. The summed E-state index contributed by atoms with van der Waals surface area (Å²) in [4.78, 5) is 10.6. The van der Waals surface area contributed by atoms with Gasteiger partial charge >= 0.3 is 0 Å². The number of carbonyl (C=O) groups is 1. The first kappa shape index (κ1) is 4.09. The highest BCUT2D eigenvalue weighted by Crippen LogP contribution is 2.29. The molecule has 0 spiro atoms. The molecule has 0 bridgehead atoms. The normalized spacial score (nSPS) is 32.8. The van der Waals surface area contributed by atoms with Gasteiger partial charge in [0.05, 0.1) is 0 Å². The molecule has 3 heteroatoms. The maximum atomic E-state index is 10.6. The fourth-order valence-corrected chi connectivity index (χ4v) is 0.895. The summed E-state index contributed by atoms with van der Waals surface area (Å²) in [6, 6.07) is 0. The summed E-state index contributed by atoms with van der Waals surface area (Å²) in [5, 5.41) is 0. The van der Waals surface area contributed by atoms with Gasteiger partial charge in [-0.2, -0.15) is 0 Å². The van der Waals surface area contributed by atoms with E-state index in [1.165, 1.54) is 0 Å². The summed E-state index contributed by atoms with van der Waals surface area (Å²) in [5.41, 5.74) is 6.24. The van der Waals surface area contributed by atoms with Crippen LogP contribution in [-0.4, -0.2) is 12.5 Å². The zero-order valence-corrected chi connectivity index (χ0v) is 4.27. The minimum Gasteiger partial charge on any atom is -0.288 e. The minimum absolute atomic E-state index is 0.0428. The van der Waals surface area contributed by atoms with Crippen molar-refractivity contribution in [1.29, 1.82) is 0 Å². The summed E-state index contributed by atoms with van der Waals surface area (Å²) in [6.07, 6.45) is 1.97. The van der Waals surface area contributed by atoms with Crippen LogP contribution in [0.2, 0.25) is 0 Å². The van der Waals surface area contributed by atoms with Crippen molar-refractivity contribution in [2.24, 2.45) is 5.92 Å². The van der Waals surface area contributed by atoms with Gasteiger partial charge < -0.3 is 0 Å². The Bertz CT molecular complexity index is 173. The molecule has 42 valence electrons. The Hall–Kier alpha value is -0.830. The molecule has 1 fully saturated rings. The molecule has 0 aromatic carbocycles. The Kier molecular flexibility index (Phi) is 0.569. The third kappa shape index (κ3) is 0.391. The predicted octanol–water partition coefficient (Wildman–Crippen LogP) is -0.823. The Labute approximate surface area is 46.7 Å². The van der Waals surface area contributed by atoms with Gasteiger partial charge in [0.15, 0.2) is 0 Å². The van der Waals surface area contributed by atoms with Crippen LogP contribution >= 0.6 is 0 Å². The SMILES string of the molecule is O=C1NNCC2C=C12. The summed E-state index contributed by atoms with van der Waals surface area (Å²) < 4.78 is 0. The zero-order chi connectivity index (χ0) is 5.56. The number of nitrogens with one attached hydrogen (secondary N) is 2. The van der Waals surface area contributed by atoms with Crippen molar-refractivity contribution in [2.75, 3.05) is 6.54 Å². The molecule has 0 aromatic rings. The van der Waals surface area contributed by atoms with Crippen LogP contribution in [0.25, 0.3) is 0 Å². The number of fused-ring (bicyclic) bond motifs is 1. The van der Waals surface area contributed by atoms with Crippen molar-refractivity contribution in [3.63, 3.8) is 0 Å². The van der Waals surface area contributed by atoms with E-state index in [2.05, 4.69) is 10.9 Å². The standard InChI is InChI=1S/C5H6N2O/c8-5-4-1-3(4)2-6-7-5/h1,3,6H,2H2,(H,7,8). The summed E-state index contributed by atoms with van der Waals surface area (Å²) in [7, 11) is 0. The van der Waals surface area contributed by atoms with E-state index in [1.807, 2.05) is 6.08 Å². The van der Waals surface area contributed by atoms with Gasteiger partial charge in [-0.15, -0.1) is 0 Å². The third-order valence-corrected chi connectivity index (χ3v) is 1.46. The minimum atomic E-state index is 0.0428. The number of rotatable bonds is 0. The molecule has 1 heterocycles. The first-order chi connectivity index (χ1) is 3.88. The molecule has 3 nitrogen and oxygen atoms in total. The monoisotopic (exact) mass is 110 g/mol. The number of hydrogen-bond donors (Lipinski definition) is 2. The summed E-state index contributed by atoms with van der Waals surface area (Å²) in [6.45, 7) is 0.876. The van der Waals surface area contributed by atoms with Gasteiger partial charge in [-0.25, -0.2) is 5.43 Å². The van der Waals surface area contributed by atoms with E-state index in [-0.39, 0.29) is 5.91 Å². The molecule has 0 aromatic heterocycles. The van der Waals surface area contributed by atoms with Crippen LogP contribution < -0.4 is 10.9 Å². The molecule has 2 aliphatic rings. The lowest BCUT2D eigenvalue weighted by Gasteiger charge is -2.10. The summed E-state index contributed by atoms with van der Waals surface area (Å²) >= 11 is 0. The fraction of sp³-hybridized carbons (Fsp3) is 0.400. The second kappa shape index (κ2) is 1.11. The second-order valence-corrected chi connectivity index (χ2v) is 2.06. The van der Waals surface area contributed by atoms with E-state index < -0.39 is 0 Å². The fourth-order valence-electron chi connectivity index (χ4n) is 0.895. The maximum Gasteiger partial charge on any atom is 0.261 e. The highest BCUT2D eigenvalue weighted by Gasteiger charge is 2.33. The van der Waals surface area contributed by atoms with E-state index in [4.69, 9.17) is 0 Å². The molecule has 1 aliphatic carbocycles. The lowest BCUT2D eigenvalue weighted by atomic mass is 10.2. The Morgan fingerprint density at radius 1 is 1.75 bits per heavy atom. The highest BCUT2D eigenvalue weighted by molar-refractivity contribution is 5.99. The molecule has 2 rings (SSSR count). The van der Waals surface area contributed by atoms with E-state index in [9.17, 15) is 4.79 Å². The molecule has 1 aliphatic heterocycles. The smallest absolute Gasteiger partial charge is 0.261 e. The van der Waals surface area contributed by atoms with Gasteiger partial charge in [-0.1, -0.05) is 6.08 Å². The average Bonchev–Trinajstić information content (AvgIpc) is 2.45. The van der Waals surface area contributed by atoms with Gasteiger partial charge in [-0.05, 0) is 0 Å². The van der Waals surface area contributed by atoms with Crippen molar-refractivity contribution in [3.8, 4) is 0 Å². The van der Waals surface area contributed by atoms with Crippen LogP contribution in [0.3, 0.4) is 0 Å². The Morgan fingerprint density at radius 3 is 3.25 bits per heavy atom. The van der Waals surface area contributed by atoms with E-state index in [1.54, 1.807) is 0 Å². The molecular formula is C5H6N2O. The van der Waals surface area contributed by atoms with Gasteiger partial charge in [0.1, 0.15) is 0 Å². The van der Waals surface area contributed by atoms with Crippen LogP contribution in [0, 0.1) is 5.92 Å². The first-order valence-corrected chi connectivity index (χ1v) is 2.63.